The number of nitro groups is 1. The molecule has 0 aliphatic rings. The van der Waals surface area contributed by atoms with E-state index in [1.165, 1.54) is 12.1 Å². The maximum atomic E-state index is 10.7. The molecule has 3 rings (SSSR count). The Balaban J connectivity index is 1.91. The molecule has 1 aromatic heterocycles. The molecule has 0 atom stereocenters. The highest BCUT2D eigenvalue weighted by Crippen LogP contribution is 2.26. The van der Waals surface area contributed by atoms with Crippen LogP contribution in [-0.4, -0.2) is 15.6 Å². The Labute approximate surface area is 152 Å². The van der Waals surface area contributed by atoms with Gasteiger partial charge in [0.25, 0.3) is 5.69 Å². The van der Waals surface area contributed by atoms with Gasteiger partial charge >= 0.3 is 0 Å². The number of nitrogens with one attached hydrogen (secondary N) is 1. The highest BCUT2D eigenvalue weighted by Gasteiger charge is 2.07. The molecule has 2 aromatic carbocycles. The van der Waals surface area contributed by atoms with Crippen molar-refractivity contribution in [2.75, 3.05) is 5.43 Å². The molecule has 0 saturated carbocycles. The Morgan fingerprint density at radius 1 is 1.20 bits per heavy atom. The average molecular weight is 399 g/mol. The SMILES string of the molecule is C/C(=N\Nc1cc(C)nc2ccc(Br)cc12)c1ccc([N+](=O)[O-])cc1. The summed E-state index contributed by atoms with van der Waals surface area (Å²) in [6.45, 7) is 3.78. The van der Waals surface area contributed by atoms with Crippen LogP contribution in [0.1, 0.15) is 18.2 Å². The molecule has 126 valence electrons. The molecule has 0 radical (unpaired) electrons. The van der Waals surface area contributed by atoms with Crippen LogP contribution in [0.15, 0.2) is 58.1 Å². The molecule has 3 aromatic rings. The number of fused-ring (bicyclic) bond motifs is 1. The van der Waals surface area contributed by atoms with E-state index in [4.69, 9.17) is 0 Å². The molecule has 0 fully saturated rings. The fourth-order valence-corrected chi connectivity index (χ4v) is 2.82. The lowest BCUT2D eigenvalue weighted by atomic mass is 10.1. The van der Waals surface area contributed by atoms with E-state index < -0.39 is 4.92 Å². The summed E-state index contributed by atoms with van der Waals surface area (Å²) in [6, 6.07) is 14.1. The molecular weight excluding hydrogens is 384 g/mol. The van der Waals surface area contributed by atoms with Crippen molar-refractivity contribution in [2.24, 2.45) is 5.10 Å². The van der Waals surface area contributed by atoms with Crippen molar-refractivity contribution in [2.45, 2.75) is 13.8 Å². The molecule has 1 heterocycles. The van der Waals surface area contributed by atoms with Crippen LogP contribution < -0.4 is 5.43 Å². The Morgan fingerprint density at radius 2 is 1.92 bits per heavy atom. The van der Waals surface area contributed by atoms with Crippen molar-refractivity contribution in [3.8, 4) is 0 Å². The van der Waals surface area contributed by atoms with Crippen molar-refractivity contribution in [1.29, 1.82) is 0 Å². The summed E-state index contributed by atoms with van der Waals surface area (Å²) in [5, 5.41) is 16.1. The molecule has 25 heavy (non-hydrogen) atoms. The van der Waals surface area contributed by atoms with Crippen molar-refractivity contribution in [3.63, 3.8) is 0 Å². The van der Waals surface area contributed by atoms with E-state index >= 15 is 0 Å². The topological polar surface area (TPSA) is 80.4 Å². The first-order valence-electron chi connectivity index (χ1n) is 7.56. The van der Waals surface area contributed by atoms with E-state index in [9.17, 15) is 10.1 Å². The van der Waals surface area contributed by atoms with Gasteiger partial charge in [-0.1, -0.05) is 15.9 Å². The van der Waals surface area contributed by atoms with Gasteiger partial charge in [0, 0.05) is 27.7 Å². The van der Waals surface area contributed by atoms with Crippen molar-refractivity contribution < 1.29 is 4.92 Å². The van der Waals surface area contributed by atoms with Crippen molar-refractivity contribution in [3.05, 3.63) is 74.4 Å². The van der Waals surface area contributed by atoms with E-state index in [2.05, 4.69) is 31.4 Å². The molecule has 6 nitrogen and oxygen atoms in total. The number of nitro benzene ring substituents is 1. The minimum atomic E-state index is -0.418. The summed E-state index contributed by atoms with van der Waals surface area (Å²) in [5.74, 6) is 0. The first-order chi connectivity index (χ1) is 11.9. The lowest BCUT2D eigenvalue weighted by molar-refractivity contribution is -0.384. The molecule has 7 heteroatoms. The van der Waals surface area contributed by atoms with Gasteiger partial charge in [0.1, 0.15) is 0 Å². The number of pyridine rings is 1. The van der Waals surface area contributed by atoms with Gasteiger partial charge in [-0.2, -0.15) is 5.10 Å². The number of hydrogen-bond acceptors (Lipinski definition) is 5. The van der Waals surface area contributed by atoms with Gasteiger partial charge in [0.2, 0.25) is 0 Å². The Morgan fingerprint density at radius 3 is 2.60 bits per heavy atom. The van der Waals surface area contributed by atoms with Gasteiger partial charge in [-0.25, -0.2) is 0 Å². The first-order valence-corrected chi connectivity index (χ1v) is 8.35. The molecule has 0 unspecified atom stereocenters. The van der Waals surface area contributed by atoms with Gasteiger partial charge in [-0.15, -0.1) is 0 Å². The predicted octanol–water partition coefficient (Wildman–Crippen LogP) is 5.05. The monoisotopic (exact) mass is 398 g/mol. The van der Waals surface area contributed by atoms with Crippen LogP contribution in [-0.2, 0) is 0 Å². The Bertz CT molecular complexity index is 984. The second-order valence-corrected chi connectivity index (χ2v) is 6.50. The minimum Gasteiger partial charge on any atom is -0.277 e. The molecule has 1 N–H and O–H groups in total. The van der Waals surface area contributed by atoms with Crippen LogP contribution in [0.3, 0.4) is 0 Å². The molecule has 0 aliphatic carbocycles. The number of anilines is 1. The van der Waals surface area contributed by atoms with Gasteiger partial charge in [0.15, 0.2) is 0 Å². The molecule has 0 saturated heterocycles. The fraction of sp³-hybridized carbons (Fsp3) is 0.111. The van der Waals surface area contributed by atoms with E-state index in [-0.39, 0.29) is 5.69 Å². The summed E-state index contributed by atoms with van der Waals surface area (Å²) in [4.78, 5) is 14.8. The third kappa shape index (κ3) is 3.83. The quantitative estimate of drug-likeness (QED) is 0.378. The first kappa shape index (κ1) is 17.0. The summed E-state index contributed by atoms with van der Waals surface area (Å²) in [6.07, 6.45) is 0. The van der Waals surface area contributed by atoms with Crippen molar-refractivity contribution in [1.82, 2.24) is 4.98 Å². The lowest BCUT2D eigenvalue weighted by Crippen LogP contribution is -2.01. The van der Waals surface area contributed by atoms with Crippen LogP contribution in [0, 0.1) is 17.0 Å². The van der Waals surface area contributed by atoms with Crippen LogP contribution in [0.2, 0.25) is 0 Å². The summed E-state index contributed by atoms with van der Waals surface area (Å²) >= 11 is 3.47. The molecular formula is C18H15BrN4O2. The number of aromatic nitrogens is 1. The van der Waals surface area contributed by atoms with E-state index in [1.54, 1.807) is 12.1 Å². The Kier molecular flexibility index (Phi) is 4.76. The maximum Gasteiger partial charge on any atom is 0.269 e. The van der Waals surface area contributed by atoms with Crippen LogP contribution in [0.25, 0.3) is 10.9 Å². The number of halogens is 1. The summed E-state index contributed by atoms with van der Waals surface area (Å²) < 4.78 is 0.963. The van der Waals surface area contributed by atoms with Gasteiger partial charge in [-0.05, 0) is 55.8 Å². The highest BCUT2D eigenvalue weighted by atomic mass is 79.9. The van der Waals surface area contributed by atoms with Gasteiger partial charge in [-0.3, -0.25) is 20.5 Å². The standard InChI is InChI=1S/C18H15BrN4O2/c1-11-9-18(16-10-14(19)5-8-17(16)20-11)22-21-12(2)13-3-6-15(7-4-13)23(24)25/h3-10H,1-2H3,(H,20,22)/b21-12+. The van der Waals surface area contributed by atoms with Gasteiger partial charge < -0.3 is 0 Å². The van der Waals surface area contributed by atoms with Crippen LogP contribution in [0.4, 0.5) is 11.4 Å². The molecule has 0 bridgehead atoms. The van der Waals surface area contributed by atoms with E-state index in [0.29, 0.717) is 0 Å². The predicted molar refractivity (Wildman–Crippen MR) is 103 cm³/mol. The normalized spacial score (nSPS) is 11.6. The smallest absolute Gasteiger partial charge is 0.269 e. The number of hydrogen-bond donors (Lipinski definition) is 1. The third-order valence-corrected chi connectivity index (χ3v) is 4.23. The number of benzene rings is 2. The Hall–Kier alpha value is -2.80. The average Bonchev–Trinajstić information content (AvgIpc) is 2.60. The second-order valence-electron chi connectivity index (χ2n) is 5.59. The number of aryl methyl sites for hydroxylation is 1. The molecule has 0 aliphatic heterocycles. The number of hydrazone groups is 1. The number of rotatable bonds is 4. The molecule has 0 amide bonds. The van der Waals surface area contributed by atoms with Gasteiger partial charge in [0.05, 0.1) is 21.8 Å². The summed E-state index contributed by atoms with van der Waals surface area (Å²) in [7, 11) is 0. The number of non-ortho nitro benzene ring substituents is 1. The number of nitrogens with zero attached hydrogens (tertiary/aromatic N) is 3. The minimum absolute atomic E-state index is 0.0603. The van der Waals surface area contributed by atoms with Crippen molar-refractivity contribution >= 4 is 43.9 Å². The fourth-order valence-electron chi connectivity index (χ4n) is 2.46. The molecule has 0 spiro atoms. The van der Waals surface area contributed by atoms with Crippen LogP contribution >= 0.6 is 15.9 Å². The lowest BCUT2D eigenvalue weighted by Gasteiger charge is -2.09. The zero-order valence-corrected chi connectivity index (χ0v) is 15.2. The maximum absolute atomic E-state index is 10.7. The summed E-state index contributed by atoms with van der Waals surface area (Å²) in [5.41, 5.74) is 7.31. The zero-order valence-electron chi connectivity index (χ0n) is 13.7. The highest BCUT2D eigenvalue weighted by molar-refractivity contribution is 9.10. The largest absolute Gasteiger partial charge is 0.277 e. The second kappa shape index (κ2) is 6.98. The van der Waals surface area contributed by atoms with E-state index in [1.807, 2.05) is 38.1 Å². The third-order valence-electron chi connectivity index (χ3n) is 3.74. The zero-order chi connectivity index (χ0) is 18.0. The van der Waals surface area contributed by atoms with E-state index in [0.717, 1.165) is 38.0 Å². The van der Waals surface area contributed by atoms with Crippen LogP contribution in [0.5, 0.6) is 0 Å².